The van der Waals surface area contributed by atoms with Gasteiger partial charge in [0.1, 0.15) is 17.0 Å². The molecule has 0 aliphatic heterocycles. The Morgan fingerprint density at radius 2 is 2.00 bits per heavy atom. The van der Waals surface area contributed by atoms with Crippen molar-refractivity contribution in [2.45, 2.75) is 6.29 Å². The van der Waals surface area contributed by atoms with E-state index in [4.69, 9.17) is 9.47 Å². The standard InChI is InChI=1S/C12H12BrNO3/c1-16-12(17-2)11-8(13)6-7-4-3-5-9(15)10(7)14-11/h3-6,12,15H,1-2H3. The minimum Gasteiger partial charge on any atom is -0.506 e. The molecule has 2 aromatic rings. The molecule has 0 saturated carbocycles. The summed E-state index contributed by atoms with van der Waals surface area (Å²) >= 11 is 3.42. The molecule has 1 N–H and O–H groups in total. The van der Waals surface area contributed by atoms with Crippen LogP contribution in [0.15, 0.2) is 28.7 Å². The third-order valence-electron chi connectivity index (χ3n) is 2.46. The van der Waals surface area contributed by atoms with Crippen LogP contribution in [0.25, 0.3) is 10.9 Å². The largest absolute Gasteiger partial charge is 0.506 e. The van der Waals surface area contributed by atoms with E-state index in [1.807, 2.05) is 12.1 Å². The van der Waals surface area contributed by atoms with E-state index in [1.165, 1.54) is 14.2 Å². The Morgan fingerprint density at radius 3 is 2.65 bits per heavy atom. The Hall–Kier alpha value is -1.17. The van der Waals surface area contributed by atoms with Crippen LogP contribution in [-0.4, -0.2) is 24.3 Å². The van der Waals surface area contributed by atoms with Gasteiger partial charge in [0.15, 0.2) is 0 Å². The first-order valence-corrected chi connectivity index (χ1v) is 5.80. The number of nitrogens with zero attached hydrogens (tertiary/aromatic N) is 1. The lowest BCUT2D eigenvalue weighted by Gasteiger charge is -2.15. The second kappa shape index (κ2) is 5.00. The van der Waals surface area contributed by atoms with Crippen LogP contribution in [0.3, 0.4) is 0 Å². The van der Waals surface area contributed by atoms with Crippen molar-refractivity contribution in [3.8, 4) is 5.75 Å². The molecular weight excluding hydrogens is 286 g/mol. The van der Waals surface area contributed by atoms with Crippen LogP contribution in [0.2, 0.25) is 0 Å². The molecule has 0 atom stereocenters. The smallest absolute Gasteiger partial charge is 0.201 e. The van der Waals surface area contributed by atoms with E-state index < -0.39 is 6.29 Å². The van der Waals surface area contributed by atoms with Gasteiger partial charge in [-0.1, -0.05) is 12.1 Å². The van der Waals surface area contributed by atoms with Crippen LogP contribution in [0.5, 0.6) is 5.75 Å². The van der Waals surface area contributed by atoms with Crippen LogP contribution in [0.1, 0.15) is 12.0 Å². The minimum atomic E-state index is -0.562. The highest BCUT2D eigenvalue weighted by atomic mass is 79.9. The SMILES string of the molecule is COC(OC)c1nc2c(O)cccc2cc1Br. The number of phenols is 1. The summed E-state index contributed by atoms with van der Waals surface area (Å²) in [6, 6.07) is 7.13. The highest BCUT2D eigenvalue weighted by Crippen LogP contribution is 2.31. The zero-order valence-corrected chi connectivity index (χ0v) is 11.1. The van der Waals surface area contributed by atoms with Crippen molar-refractivity contribution < 1.29 is 14.6 Å². The normalized spacial score (nSPS) is 11.3. The number of benzene rings is 1. The van der Waals surface area contributed by atoms with Crippen LogP contribution in [0, 0.1) is 0 Å². The average molecular weight is 298 g/mol. The van der Waals surface area contributed by atoms with Gasteiger partial charge in [-0.2, -0.15) is 0 Å². The summed E-state index contributed by atoms with van der Waals surface area (Å²) in [6.45, 7) is 0. The van der Waals surface area contributed by atoms with E-state index in [1.54, 1.807) is 12.1 Å². The Balaban J connectivity index is 2.65. The number of halogens is 1. The number of aromatic hydroxyl groups is 1. The van der Waals surface area contributed by atoms with Crippen molar-refractivity contribution in [1.82, 2.24) is 4.98 Å². The molecule has 1 aromatic carbocycles. The monoisotopic (exact) mass is 297 g/mol. The quantitative estimate of drug-likeness (QED) is 0.885. The van der Waals surface area contributed by atoms with Gasteiger partial charge in [-0.3, -0.25) is 0 Å². The third kappa shape index (κ3) is 2.26. The van der Waals surface area contributed by atoms with E-state index in [9.17, 15) is 5.11 Å². The summed E-state index contributed by atoms with van der Waals surface area (Å²) < 4.78 is 11.1. The fourth-order valence-electron chi connectivity index (χ4n) is 1.66. The average Bonchev–Trinajstić information content (AvgIpc) is 2.32. The predicted octanol–water partition coefficient (Wildman–Crippen LogP) is 2.99. The molecular formula is C12H12BrNO3. The maximum absolute atomic E-state index is 9.75. The maximum atomic E-state index is 9.75. The molecule has 0 aliphatic rings. The lowest BCUT2D eigenvalue weighted by Crippen LogP contribution is -2.07. The number of fused-ring (bicyclic) bond motifs is 1. The van der Waals surface area contributed by atoms with Gasteiger partial charge in [-0.15, -0.1) is 0 Å². The number of hydrogen-bond acceptors (Lipinski definition) is 4. The van der Waals surface area contributed by atoms with Crippen LogP contribution in [0.4, 0.5) is 0 Å². The van der Waals surface area contributed by atoms with Crippen molar-refractivity contribution >= 4 is 26.8 Å². The second-order valence-corrected chi connectivity index (χ2v) is 4.36. The van der Waals surface area contributed by atoms with Gasteiger partial charge in [0, 0.05) is 24.1 Å². The fraction of sp³-hybridized carbons (Fsp3) is 0.250. The summed E-state index contributed by atoms with van der Waals surface area (Å²) in [5.41, 5.74) is 1.13. The molecule has 90 valence electrons. The molecule has 2 rings (SSSR count). The summed E-state index contributed by atoms with van der Waals surface area (Å²) in [6.07, 6.45) is -0.562. The molecule has 0 unspecified atom stereocenters. The van der Waals surface area contributed by atoms with E-state index in [0.29, 0.717) is 11.2 Å². The Bertz CT molecular complexity index is 541. The molecule has 0 radical (unpaired) electrons. The van der Waals surface area contributed by atoms with Gasteiger partial charge in [0.2, 0.25) is 6.29 Å². The maximum Gasteiger partial charge on any atom is 0.201 e. The van der Waals surface area contributed by atoms with Crippen molar-refractivity contribution in [1.29, 1.82) is 0 Å². The molecule has 1 aromatic heterocycles. The molecule has 17 heavy (non-hydrogen) atoms. The highest BCUT2D eigenvalue weighted by Gasteiger charge is 2.16. The lowest BCUT2D eigenvalue weighted by molar-refractivity contribution is -0.108. The molecule has 4 nitrogen and oxygen atoms in total. The van der Waals surface area contributed by atoms with Gasteiger partial charge in [0.05, 0.1) is 0 Å². The molecule has 0 bridgehead atoms. The number of rotatable bonds is 3. The molecule has 5 heteroatoms. The summed E-state index contributed by atoms with van der Waals surface area (Å²) in [5.74, 6) is 0.141. The summed E-state index contributed by atoms with van der Waals surface area (Å²) in [5, 5.41) is 10.6. The van der Waals surface area contributed by atoms with Crippen LogP contribution < -0.4 is 0 Å². The number of methoxy groups -OCH3 is 2. The molecule has 0 fully saturated rings. The van der Waals surface area contributed by atoms with E-state index in [2.05, 4.69) is 20.9 Å². The van der Waals surface area contributed by atoms with Crippen molar-refractivity contribution in [3.63, 3.8) is 0 Å². The van der Waals surface area contributed by atoms with Crippen LogP contribution >= 0.6 is 15.9 Å². The first-order chi connectivity index (χ1) is 8.17. The predicted molar refractivity (Wildman–Crippen MR) is 67.9 cm³/mol. The number of pyridine rings is 1. The highest BCUT2D eigenvalue weighted by molar-refractivity contribution is 9.10. The van der Waals surface area contributed by atoms with Gasteiger partial charge >= 0.3 is 0 Å². The second-order valence-electron chi connectivity index (χ2n) is 3.51. The Labute approximate surface area is 107 Å². The Kier molecular flexibility index (Phi) is 3.61. The van der Waals surface area contributed by atoms with Crippen LogP contribution in [-0.2, 0) is 9.47 Å². The lowest BCUT2D eigenvalue weighted by atomic mass is 10.2. The zero-order valence-electron chi connectivity index (χ0n) is 9.48. The molecule has 0 aliphatic carbocycles. The topological polar surface area (TPSA) is 51.6 Å². The fourth-order valence-corrected chi connectivity index (χ4v) is 2.18. The number of para-hydroxylation sites is 1. The number of aromatic nitrogens is 1. The first-order valence-electron chi connectivity index (χ1n) is 5.01. The van der Waals surface area contributed by atoms with E-state index >= 15 is 0 Å². The summed E-state index contributed by atoms with van der Waals surface area (Å²) in [7, 11) is 3.08. The van der Waals surface area contributed by atoms with Gasteiger partial charge in [0.25, 0.3) is 0 Å². The molecule has 1 heterocycles. The van der Waals surface area contributed by atoms with E-state index in [-0.39, 0.29) is 5.75 Å². The third-order valence-corrected chi connectivity index (χ3v) is 3.09. The van der Waals surface area contributed by atoms with Gasteiger partial charge in [-0.25, -0.2) is 4.98 Å². The summed E-state index contributed by atoms with van der Waals surface area (Å²) in [4.78, 5) is 4.37. The van der Waals surface area contributed by atoms with E-state index in [0.717, 1.165) is 9.86 Å². The first kappa shape index (κ1) is 12.3. The molecule has 0 saturated heterocycles. The van der Waals surface area contributed by atoms with Crippen molar-refractivity contribution in [3.05, 3.63) is 34.4 Å². The Morgan fingerprint density at radius 1 is 1.29 bits per heavy atom. The van der Waals surface area contributed by atoms with Crippen molar-refractivity contribution in [2.24, 2.45) is 0 Å². The number of ether oxygens (including phenoxy) is 2. The minimum absolute atomic E-state index is 0.141. The zero-order chi connectivity index (χ0) is 12.4. The number of phenolic OH excluding ortho intramolecular Hbond substituents is 1. The number of hydrogen-bond donors (Lipinski definition) is 1. The molecule has 0 amide bonds. The van der Waals surface area contributed by atoms with Crippen molar-refractivity contribution in [2.75, 3.05) is 14.2 Å². The van der Waals surface area contributed by atoms with Gasteiger partial charge < -0.3 is 14.6 Å². The van der Waals surface area contributed by atoms with Gasteiger partial charge in [-0.05, 0) is 28.1 Å². The molecule has 0 spiro atoms.